The summed E-state index contributed by atoms with van der Waals surface area (Å²) in [6, 6.07) is 11.6. The third-order valence-electron chi connectivity index (χ3n) is 3.72. The van der Waals surface area contributed by atoms with Gasteiger partial charge in [0, 0.05) is 23.6 Å². The zero-order valence-corrected chi connectivity index (χ0v) is 15.7. The van der Waals surface area contributed by atoms with Crippen molar-refractivity contribution in [3.05, 3.63) is 79.9 Å². The number of hydrogen-bond acceptors (Lipinski definition) is 6. The fourth-order valence-electron chi connectivity index (χ4n) is 2.53. The molecular weight excluding hydrogens is 390 g/mol. The van der Waals surface area contributed by atoms with Gasteiger partial charge in [0.1, 0.15) is 5.76 Å². The van der Waals surface area contributed by atoms with Crippen LogP contribution in [0.4, 0.5) is 11.4 Å². The predicted octanol–water partition coefficient (Wildman–Crippen LogP) is 4.54. The highest BCUT2D eigenvalue weighted by Gasteiger charge is 2.16. The van der Waals surface area contributed by atoms with Crippen LogP contribution < -0.4 is 5.32 Å². The predicted molar refractivity (Wildman–Crippen MR) is 104 cm³/mol. The minimum atomic E-state index is -0.538. The molecule has 1 amide bonds. The average Bonchev–Trinajstić information content (AvgIpc) is 3.30. The summed E-state index contributed by atoms with van der Waals surface area (Å²) < 4.78 is 5.38. The van der Waals surface area contributed by atoms with Crippen LogP contribution in [0.25, 0.3) is 0 Å². The molecule has 0 aliphatic carbocycles. The molecule has 0 saturated heterocycles. The summed E-state index contributed by atoms with van der Waals surface area (Å²) in [6.45, 7) is 1.19. The lowest BCUT2D eigenvalue weighted by molar-refractivity contribution is -0.384. The first-order valence-electron chi connectivity index (χ1n) is 8.02. The number of non-ortho nitro benzene ring substituents is 1. The van der Waals surface area contributed by atoms with Crippen LogP contribution in [0.3, 0.4) is 0 Å². The van der Waals surface area contributed by atoms with Gasteiger partial charge < -0.3 is 9.73 Å². The first kappa shape index (κ1) is 19.1. The molecule has 0 spiro atoms. The molecule has 3 aromatic rings. The van der Waals surface area contributed by atoms with Crippen LogP contribution in [0.5, 0.6) is 0 Å². The molecule has 3 rings (SSSR count). The molecule has 0 fully saturated rings. The van der Waals surface area contributed by atoms with Crippen molar-refractivity contribution >= 4 is 40.2 Å². The Bertz CT molecular complexity index is 877. The van der Waals surface area contributed by atoms with Crippen molar-refractivity contribution in [3.63, 3.8) is 0 Å². The Morgan fingerprint density at radius 2 is 2.11 bits per heavy atom. The van der Waals surface area contributed by atoms with Crippen LogP contribution in [0.2, 0.25) is 5.02 Å². The average molecular weight is 406 g/mol. The molecule has 1 aromatic carbocycles. The Labute approximate surface area is 164 Å². The smallest absolute Gasteiger partial charge is 0.271 e. The van der Waals surface area contributed by atoms with E-state index in [0.717, 1.165) is 10.6 Å². The first-order valence-corrected chi connectivity index (χ1v) is 9.28. The zero-order valence-electron chi connectivity index (χ0n) is 14.1. The molecule has 1 N–H and O–H groups in total. The first-order chi connectivity index (χ1) is 13.0. The van der Waals surface area contributed by atoms with Crippen molar-refractivity contribution in [1.29, 1.82) is 0 Å². The number of nitrogens with one attached hydrogen (secondary N) is 1. The minimum absolute atomic E-state index is 0.117. The van der Waals surface area contributed by atoms with Crippen molar-refractivity contribution in [2.24, 2.45) is 0 Å². The normalized spacial score (nSPS) is 10.9. The van der Waals surface area contributed by atoms with Gasteiger partial charge in [-0.3, -0.25) is 19.8 Å². The Hall–Kier alpha value is -2.68. The molecule has 2 heterocycles. The van der Waals surface area contributed by atoms with Gasteiger partial charge in [0.15, 0.2) is 0 Å². The van der Waals surface area contributed by atoms with E-state index in [4.69, 9.17) is 16.0 Å². The quantitative estimate of drug-likeness (QED) is 0.439. The van der Waals surface area contributed by atoms with Gasteiger partial charge in [0.25, 0.3) is 5.69 Å². The second-order valence-corrected chi connectivity index (χ2v) is 7.21. The van der Waals surface area contributed by atoms with Gasteiger partial charge in [-0.2, -0.15) is 0 Å². The fourth-order valence-corrected chi connectivity index (χ4v) is 3.49. The number of nitro groups is 1. The molecule has 0 aliphatic heterocycles. The molecule has 0 radical (unpaired) electrons. The number of halogens is 1. The summed E-state index contributed by atoms with van der Waals surface area (Å²) in [7, 11) is 0. The summed E-state index contributed by atoms with van der Waals surface area (Å²) in [5.41, 5.74) is 0.205. The van der Waals surface area contributed by atoms with E-state index in [1.165, 1.54) is 18.2 Å². The van der Waals surface area contributed by atoms with E-state index in [9.17, 15) is 14.9 Å². The maximum atomic E-state index is 12.5. The summed E-state index contributed by atoms with van der Waals surface area (Å²) in [6.07, 6.45) is 1.59. The molecule has 9 heteroatoms. The molecule has 0 saturated carbocycles. The number of benzene rings is 1. The van der Waals surface area contributed by atoms with E-state index in [2.05, 4.69) is 5.32 Å². The van der Waals surface area contributed by atoms with Crippen LogP contribution in [0, 0.1) is 10.1 Å². The van der Waals surface area contributed by atoms with Crippen molar-refractivity contribution in [1.82, 2.24) is 4.90 Å². The number of nitro benzene ring substituents is 1. The van der Waals surface area contributed by atoms with Gasteiger partial charge in [-0.1, -0.05) is 17.7 Å². The number of furan rings is 1. The van der Waals surface area contributed by atoms with Gasteiger partial charge in [0.2, 0.25) is 5.91 Å². The summed E-state index contributed by atoms with van der Waals surface area (Å²) in [5.74, 6) is 0.488. The number of nitrogens with zero attached hydrogens (tertiary/aromatic N) is 2. The monoisotopic (exact) mass is 405 g/mol. The third kappa shape index (κ3) is 5.40. The van der Waals surface area contributed by atoms with Crippen molar-refractivity contribution in [3.8, 4) is 0 Å². The molecule has 2 aromatic heterocycles. The van der Waals surface area contributed by atoms with Gasteiger partial charge in [-0.05, 0) is 29.6 Å². The Morgan fingerprint density at radius 3 is 2.74 bits per heavy atom. The molecule has 27 heavy (non-hydrogen) atoms. The lowest BCUT2D eigenvalue weighted by atomic mass is 10.2. The molecule has 0 atom stereocenters. The molecule has 140 valence electrons. The highest BCUT2D eigenvalue weighted by Crippen LogP contribution is 2.26. The third-order valence-corrected chi connectivity index (χ3v) is 4.90. The highest BCUT2D eigenvalue weighted by atomic mass is 35.5. The standard InChI is InChI=1S/C18H16ClN3O4S/c19-16-9-13(22(24)25)5-6-17(16)20-18(23)12-21(10-14-3-1-7-26-14)11-15-4-2-8-27-15/h1-9H,10-12H2,(H,20,23). The molecule has 7 nitrogen and oxygen atoms in total. The number of amides is 1. The SMILES string of the molecule is O=C(CN(Cc1ccco1)Cc1cccs1)Nc1ccc([N+](=O)[O-])cc1Cl. The number of carbonyl (C=O) groups is 1. The van der Waals surface area contributed by atoms with Crippen LogP contribution >= 0.6 is 22.9 Å². The summed E-state index contributed by atoms with van der Waals surface area (Å²) in [4.78, 5) is 25.8. The molecular formula is C18H16ClN3O4S. The van der Waals surface area contributed by atoms with E-state index in [1.807, 2.05) is 28.5 Å². The number of rotatable bonds is 8. The van der Waals surface area contributed by atoms with Gasteiger partial charge in [-0.25, -0.2) is 0 Å². The Kier molecular flexibility index (Phi) is 6.23. The Balaban J connectivity index is 1.67. The van der Waals surface area contributed by atoms with Gasteiger partial charge in [0.05, 0.1) is 35.0 Å². The second kappa shape index (κ2) is 8.81. The van der Waals surface area contributed by atoms with Gasteiger partial charge >= 0.3 is 0 Å². The maximum Gasteiger partial charge on any atom is 0.271 e. The molecule has 0 bridgehead atoms. The van der Waals surface area contributed by atoms with E-state index < -0.39 is 4.92 Å². The summed E-state index contributed by atoms with van der Waals surface area (Å²) >= 11 is 7.65. The second-order valence-electron chi connectivity index (χ2n) is 5.77. The molecule has 0 unspecified atom stereocenters. The number of hydrogen-bond donors (Lipinski definition) is 1. The zero-order chi connectivity index (χ0) is 19.2. The molecule has 0 aliphatic rings. The van der Waals surface area contributed by atoms with E-state index in [0.29, 0.717) is 18.8 Å². The van der Waals surface area contributed by atoms with Crippen LogP contribution in [0.15, 0.2) is 58.5 Å². The number of anilines is 1. The lowest BCUT2D eigenvalue weighted by Crippen LogP contribution is -2.32. The number of thiophene rings is 1. The van der Waals surface area contributed by atoms with Gasteiger partial charge in [-0.15, -0.1) is 11.3 Å². The van der Waals surface area contributed by atoms with E-state index in [-0.39, 0.29) is 23.2 Å². The minimum Gasteiger partial charge on any atom is -0.468 e. The van der Waals surface area contributed by atoms with Crippen LogP contribution in [0.1, 0.15) is 10.6 Å². The van der Waals surface area contributed by atoms with Crippen molar-refractivity contribution < 1.29 is 14.1 Å². The van der Waals surface area contributed by atoms with E-state index in [1.54, 1.807) is 23.7 Å². The highest BCUT2D eigenvalue weighted by molar-refractivity contribution is 7.09. The largest absolute Gasteiger partial charge is 0.468 e. The van der Waals surface area contributed by atoms with E-state index >= 15 is 0 Å². The van der Waals surface area contributed by atoms with Crippen LogP contribution in [-0.4, -0.2) is 22.3 Å². The maximum absolute atomic E-state index is 12.5. The number of carbonyl (C=O) groups excluding carboxylic acids is 1. The van der Waals surface area contributed by atoms with Crippen LogP contribution in [-0.2, 0) is 17.9 Å². The fraction of sp³-hybridized carbons (Fsp3) is 0.167. The summed E-state index contributed by atoms with van der Waals surface area (Å²) in [5, 5.41) is 15.6. The van der Waals surface area contributed by atoms with Crippen molar-refractivity contribution in [2.45, 2.75) is 13.1 Å². The Morgan fingerprint density at radius 1 is 1.26 bits per heavy atom. The van der Waals surface area contributed by atoms with Crippen molar-refractivity contribution in [2.75, 3.05) is 11.9 Å². The lowest BCUT2D eigenvalue weighted by Gasteiger charge is -2.20. The topological polar surface area (TPSA) is 88.6 Å².